The second kappa shape index (κ2) is 15.5. The average molecular weight is 628 g/mol. The van der Waals surface area contributed by atoms with Crippen LogP contribution in [0, 0.1) is 5.92 Å². The molecule has 5 N–H and O–H groups in total. The number of sulfonamides is 1. The van der Waals surface area contributed by atoms with E-state index in [0.29, 0.717) is 19.3 Å². The van der Waals surface area contributed by atoms with Gasteiger partial charge in [0.2, 0.25) is 21.8 Å². The molecule has 0 spiro atoms. The number of rotatable bonds is 16. The Kier molecular flexibility index (Phi) is 13.8. The second-order valence-electron chi connectivity index (χ2n) is 9.92. The fourth-order valence-corrected chi connectivity index (χ4v) is 6.03. The lowest BCUT2D eigenvalue weighted by atomic mass is 9.97. The quantitative estimate of drug-likeness (QED) is 0.154. The molecule has 0 aromatic rings. The molecular formula is C24H38ClN3O10S2. The van der Waals surface area contributed by atoms with Crippen LogP contribution in [0.1, 0.15) is 65.7 Å². The molecule has 1 aliphatic rings. The SMILES string of the molecule is CCC(C)[C@H](NC(=O)[C@H](CCC(=O)O)NS(=O)(=O)C1CC=C(C)CC1)C(=O)N[C@H](/C=C(\Cl)S(C)(=O)=O)CC(=O)O. The van der Waals surface area contributed by atoms with Crippen LogP contribution in [0.5, 0.6) is 0 Å². The molecule has 2 amide bonds. The number of carbonyl (C=O) groups is 4. The molecule has 1 aliphatic carbocycles. The molecule has 40 heavy (non-hydrogen) atoms. The fourth-order valence-electron chi connectivity index (χ4n) is 3.88. The number of nitrogens with one attached hydrogen (secondary N) is 3. The van der Waals surface area contributed by atoms with Crippen molar-refractivity contribution in [3.63, 3.8) is 0 Å². The molecule has 16 heteroatoms. The number of allylic oxidation sites excluding steroid dienone is 2. The van der Waals surface area contributed by atoms with Gasteiger partial charge >= 0.3 is 11.9 Å². The van der Waals surface area contributed by atoms with Crippen molar-refractivity contribution < 1.29 is 46.2 Å². The minimum Gasteiger partial charge on any atom is -0.481 e. The van der Waals surface area contributed by atoms with Crippen molar-refractivity contribution in [2.75, 3.05) is 6.26 Å². The predicted octanol–water partition coefficient (Wildman–Crippen LogP) is 1.25. The van der Waals surface area contributed by atoms with E-state index in [4.69, 9.17) is 16.7 Å². The number of sulfone groups is 1. The molecule has 0 saturated carbocycles. The van der Waals surface area contributed by atoms with Crippen LogP contribution in [0.2, 0.25) is 0 Å². The molecule has 0 aromatic carbocycles. The maximum absolute atomic E-state index is 13.2. The number of carboxylic acids is 2. The topological polar surface area (TPSA) is 213 Å². The number of carbonyl (C=O) groups excluding carboxylic acids is 2. The second-order valence-corrected chi connectivity index (χ2v) is 14.5. The summed E-state index contributed by atoms with van der Waals surface area (Å²) in [6.07, 6.45) is 3.32. The van der Waals surface area contributed by atoms with Gasteiger partial charge in [0.25, 0.3) is 0 Å². The zero-order valence-electron chi connectivity index (χ0n) is 22.8. The van der Waals surface area contributed by atoms with Crippen molar-refractivity contribution in [1.29, 1.82) is 0 Å². The molecule has 5 atom stereocenters. The standard InChI is InChI=1S/C24H38ClN3O10S2/c1-5-15(3)22(24(34)26-16(13-21(31)32)12-19(25)39(4,35)36)27-23(33)18(10-11-20(29)30)28-40(37,38)17-8-6-14(2)7-9-17/h6,12,15-18,22,28H,5,7-11,13H2,1-4H3,(H,26,34)(H,27,33)(H,29,30)(H,31,32)/b19-12+/t15?,16-,17?,18+,22+/m1/s1. The summed E-state index contributed by atoms with van der Waals surface area (Å²) in [6.45, 7) is 5.21. The molecule has 13 nitrogen and oxygen atoms in total. The van der Waals surface area contributed by atoms with Gasteiger partial charge in [0.15, 0.2) is 9.84 Å². The first-order valence-corrected chi connectivity index (χ1v) is 16.5. The number of hydrogen-bond donors (Lipinski definition) is 5. The van der Waals surface area contributed by atoms with Gasteiger partial charge in [-0.25, -0.2) is 21.6 Å². The van der Waals surface area contributed by atoms with Crippen LogP contribution < -0.4 is 15.4 Å². The largest absolute Gasteiger partial charge is 0.481 e. The van der Waals surface area contributed by atoms with Gasteiger partial charge in [-0.3, -0.25) is 19.2 Å². The third-order valence-corrected chi connectivity index (χ3v) is 10.2. The van der Waals surface area contributed by atoms with E-state index in [1.165, 1.54) is 0 Å². The Labute approximate surface area is 239 Å². The van der Waals surface area contributed by atoms with E-state index in [2.05, 4.69) is 15.4 Å². The van der Waals surface area contributed by atoms with Crippen LogP contribution in [0.3, 0.4) is 0 Å². The summed E-state index contributed by atoms with van der Waals surface area (Å²) in [5.74, 6) is -4.95. The zero-order chi connectivity index (χ0) is 30.8. The normalized spacial score (nSPS) is 19.5. The molecule has 0 aromatic heterocycles. The zero-order valence-corrected chi connectivity index (χ0v) is 25.2. The van der Waals surface area contributed by atoms with Gasteiger partial charge in [-0.2, -0.15) is 0 Å². The Morgan fingerprint density at radius 3 is 2.20 bits per heavy atom. The number of hydrogen-bond acceptors (Lipinski definition) is 8. The summed E-state index contributed by atoms with van der Waals surface area (Å²) in [7, 11) is -7.92. The lowest BCUT2D eigenvalue weighted by molar-refractivity contribution is -0.139. The third kappa shape index (κ3) is 11.9. The summed E-state index contributed by atoms with van der Waals surface area (Å²) in [6, 6.07) is -4.14. The first kappa shape index (κ1) is 35.5. The molecule has 0 radical (unpaired) electrons. The predicted molar refractivity (Wildman–Crippen MR) is 148 cm³/mol. The highest BCUT2D eigenvalue weighted by Crippen LogP contribution is 2.23. The summed E-state index contributed by atoms with van der Waals surface area (Å²) < 4.78 is 51.0. The number of halogens is 1. The van der Waals surface area contributed by atoms with E-state index in [9.17, 15) is 41.1 Å². The number of aliphatic carboxylic acids is 2. The molecule has 2 unspecified atom stereocenters. The van der Waals surface area contributed by atoms with E-state index in [0.717, 1.165) is 17.9 Å². The average Bonchev–Trinajstić information content (AvgIpc) is 2.83. The van der Waals surface area contributed by atoms with Crippen molar-refractivity contribution >= 4 is 55.2 Å². The summed E-state index contributed by atoms with van der Waals surface area (Å²) in [5, 5.41) is 22.3. The number of carboxylic acid groups (broad SMARTS) is 2. The Hall–Kier alpha value is -2.49. The molecule has 228 valence electrons. The molecule has 0 bridgehead atoms. The van der Waals surface area contributed by atoms with Crippen LogP contribution in [0.4, 0.5) is 0 Å². The van der Waals surface area contributed by atoms with Gasteiger partial charge in [-0.1, -0.05) is 43.5 Å². The lowest BCUT2D eigenvalue weighted by Gasteiger charge is -2.28. The van der Waals surface area contributed by atoms with Crippen molar-refractivity contribution in [1.82, 2.24) is 15.4 Å². The van der Waals surface area contributed by atoms with E-state index >= 15 is 0 Å². The molecular weight excluding hydrogens is 590 g/mol. The summed E-state index contributed by atoms with van der Waals surface area (Å²) >= 11 is 5.75. The van der Waals surface area contributed by atoms with Crippen molar-refractivity contribution in [3.8, 4) is 0 Å². The minimum atomic E-state index is -4.03. The van der Waals surface area contributed by atoms with E-state index in [1.54, 1.807) is 19.9 Å². The van der Waals surface area contributed by atoms with Crippen LogP contribution in [-0.4, -0.2) is 80.4 Å². The molecule has 0 heterocycles. The monoisotopic (exact) mass is 627 g/mol. The lowest BCUT2D eigenvalue weighted by Crippen LogP contribution is -2.57. The Morgan fingerprint density at radius 2 is 1.73 bits per heavy atom. The number of amides is 2. The summed E-state index contributed by atoms with van der Waals surface area (Å²) in [4.78, 5) is 48.9. The summed E-state index contributed by atoms with van der Waals surface area (Å²) in [5.41, 5.74) is 1.04. The van der Waals surface area contributed by atoms with Crippen LogP contribution in [0.25, 0.3) is 0 Å². The Balaban J connectivity index is 3.23. The highest BCUT2D eigenvalue weighted by atomic mass is 35.5. The highest BCUT2D eigenvalue weighted by molar-refractivity contribution is 7.96. The van der Waals surface area contributed by atoms with Crippen LogP contribution >= 0.6 is 11.6 Å². The van der Waals surface area contributed by atoms with Gasteiger partial charge in [-0.05, 0) is 44.6 Å². The third-order valence-electron chi connectivity index (χ3n) is 6.50. The minimum absolute atomic E-state index is 0.237. The van der Waals surface area contributed by atoms with Gasteiger partial charge in [0, 0.05) is 12.7 Å². The van der Waals surface area contributed by atoms with Crippen LogP contribution in [0.15, 0.2) is 22.1 Å². The highest BCUT2D eigenvalue weighted by Gasteiger charge is 2.35. The van der Waals surface area contributed by atoms with Gasteiger partial charge in [0.05, 0.1) is 17.7 Å². The van der Waals surface area contributed by atoms with Crippen LogP contribution in [-0.2, 0) is 39.0 Å². The smallest absolute Gasteiger partial charge is 0.305 e. The Morgan fingerprint density at radius 1 is 1.10 bits per heavy atom. The molecule has 0 saturated heterocycles. The first-order chi connectivity index (χ1) is 18.4. The Bertz CT molecular complexity index is 1230. The van der Waals surface area contributed by atoms with E-state index < -0.39 is 90.1 Å². The van der Waals surface area contributed by atoms with Crippen molar-refractivity contribution in [3.05, 3.63) is 22.1 Å². The van der Waals surface area contributed by atoms with Crippen molar-refractivity contribution in [2.24, 2.45) is 5.92 Å². The maximum atomic E-state index is 13.2. The van der Waals surface area contributed by atoms with Gasteiger partial charge in [0.1, 0.15) is 16.4 Å². The molecule has 1 rings (SSSR count). The van der Waals surface area contributed by atoms with Gasteiger partial charge < -0.3 is 20.8 Å². The molecule has 0 aliphatic heterocycles. The van der Waals surface area contributed by atoms with Gasteiger partial charge in [-0.15, -0.1) is 0 Å². The van der Waals surface area contributed by atoms with Crippen molar-refractivity contribution in [2.45, 2.75) is 89.1 Å². The first-order valence-electron chi connectivity index (χ1n) is 12.7. The fraction of sp³-hybridized carbons (Fsp3) is 0.667. The van der Waals surface area contributed by atoms with E-state index in [1.807, 2.05) is 6.92 Å². The molecule has 0 fully saturated rings. The maximum Gasteiger partial charge on any atom is 0.305 e. The van der Waals surface area contributed by atoms with E-state index in [-0.39, 0.29) is 12.8 Å².